The molecule has 1 atom stereocenters. The smallest absolute Gasteiger partial charge is 0.272 e. The third kappa shape index (κ3) is 4.36. The van der Waals surface area contributed by atoms with Crippen LogP contribution in [0.15, 0.2) is 36.8 Å². The number of likely N-dealkylation sites (N-methyl/N-ethyl adjacent to an activating group) is 1. The van der Waals surface area contributed by atoms with Crippen molar-refractivity contribution in [3.63, 3.8) is 0 Å². The number of piperidine rings is 1. The number of hydrogen-bond acceptors (Lipinski definition) is 5. The lowest BCUT2D eigenvalue weighted by Crippen LogP contribution is -2.43. The van der Waals surface area contributed by atoms with Crippen LogP contribution in [0.5, 0.6) is 0 Å². The van der Waals surface area contributed by atoms with Crippen LogP contribution < -0.4 is 4.90 Å². The predicted octanol–water partition coefficient (Wildman–Crippen LogP) is 2.96. The zero-order valence-electron chi connectivity index (χ0n) is 15.6. The van der Waals surface area contributed by atoms with E-state index in [9.17, 15) is 4.79 Å². The molecule has 1 unspecified atom stereocenters. The van der Waals surface area contributed by atoms with E-state index in [1.807, 2.05) is 29.0 Å². The summed E-state index contributed by atoms with van der Waals surface area (Å²) < 4.78 is 0. The minimum absolute atomic E-state index is 0.0303. The number of hydrogen-bond donors (Lipinski definition) is 0. The van der Waals surface area contributed by atoms with Crippen LogP contribution in [-0.4, -0.2) is 51.9 Å². The van der Waals surface area contributed by atoms with Crippen LogP contribution in [0.1, 0.15) is 48.7 Å². The van der Waals surface area contributed by atoms with Gasteiger partial charge in [-0.1, -0.05) is 6.92 Å². The summed E-state index contributed by atoms with van der Waals surface area (Å²) in [6.07, 6.45) is 10.5. The molecule has 6 nitrogen and oxygen atoms in total. The fourth-order valence-electron chi connectivity index (χ4n) is 3.44. The maximum absolute atomic E-state index is 12.9. The Hall–Kier alpha value is -2.50. The summed E-state index contributed by atoms with van der Waals surface area (Å²) in [5.41, 5.74) is 1.71. The molecule has 1 amide bonds. The van der Waals surface area contributed by atoms with Crippen molar-refractivity contribution in [3.05, 3.63) is 48.0 Å². The number of nitrogens with zero attached hydrogens (tertiary/aromatic N) is 5. The van der Waals surface area contributed by atoms with E-state index in [-0.39, 0.29) is 5.91 Å². The molecule has 0 saturated carbocycles. The second-order valence-corrected chi connectivity index (χ2v) is 6.83. The maximum atomic E-state index is 12.9. The average Bonchev–Trinajstić information content (AvgIpc) is 2.72. The van der Waals surface area contributed by atoms with Gasteiger partial charge >= 0.3 is 0 Å². The van der Waals surface area contributed by atoms with Crippen molar-refractivity contribution < 1.29 is 4.79 Å². The van der Waals surface area contributed by atoms with Gasteiger partial charge in [0, 0.05) is 44.8 Å². The Morgan fingerprint density at radius 3 is 2.81 bits per heavy atom. The molecule has 0 bridgehead atoms. The highest BCUT2D eigenvalue weighted by Gasteiger charge is 2.27. The Kier molecular flexibility index (Phi) is 6.15. The van der Waals surface area contributed by atoms with Crippen molar-refractivity contribution in [2.45, 2.75) is 45.1 Å². The molecule has 0 radical (unpaired) electrons. The quantitative estimate of drug-likeness (QED) is 0.799. The van der Waals surface area contributed by atoms with Gasteiger partial charge < -0.3 is 9.80 Å². The molecule has 1 aliphatic heterocycles. The maximum Gasteiger partial charge on any atom is 0.272 e. The molecule has 1 fully saturated rings. The number of amides is 1. The molecule has 1 aliphatic rings. The lowest BCUT2D eigenvalue weighted by atomic mass is 9.99. The van der Waals surface area contributed by atoms with Crippen molar-refractivity contribution in [2.75, 3.05) is 25.0 Å². The molecule has 0 aliphatic carbocycles. The lowest BCUT2D eigenvalue weighted by Gasteiger charge is -2.35. The fraction of sp³-hybridized carbons (Fsp3) is 0.500. The van der Waals surface area contributed by atoms with Crippen LogP contribution in [0.3, 0.4) is 0 Å². The minimum Gasteiger partial charge on any atom is -0.344 e. The van der Waals surface area contributed by atoms with Gasteiger partial charge in [0.2, 0.25) is 5.95 Å². The Labute approximate surface area is 155 Å². The number of rotatable bonds is 6. The van der Waals surface area contributed by atoms with E-state index in [1.165, 1.54) is 12.0 Å². The van der Waals surface area contributed by atoms with Crippen molar-refractivity contribution in [2.24, 2.45) is 0 Å². The molecule has 1 saturated heterocycles. The van der Waals surface area contributed by atoms with Crippen molar-refractivity contribution >= 4 is 11.9 Å². The number of anilines is 1. The first-order valence-corrected chi connectivity index (χ1v) is 9.43. The first kappa shape index (κ1) is 18.3. The molecular weight excluding hydrogens is 326 g/mol. The molecule has 26 heavy (non-hydrogen) atoms. The highest BCUT2D eigenvalue weighted by molar-refractivity contribution is 5.92. The zero-order chi connectivity index (χ0) is 18.4. The molecule has 3 rings (SSSR count). The molecule has 0 N–H and O–H groups in total. The van der Waals surface area contributed by atoms with E-state index in [4.69, 9.17) is 0 Å². The van der Waals surface area contributed by atoms with E-state index in [0.29, 0.717) is 17.7 Å². The molecule has 2 aromatic heterocycles. The molecular formula is C20H27N5O. The monoisotopic (exact) mass is 353 g/mol. The Balaban J connectivity index is 1.68. The van der Waals surface area contributed by atoms with Crippen molar-refractivity contribution in [1.29, 1.82) is 0 Å². The summed E-state index contributed by atoms with van der Waals surface area (Å²) in [4.78, 5) is 29.8. The summed E-state index contributed by atoms with van der Waals surface area (Å²) in [6.45, 7) is 3.76. The lowest BCUT2D eigenvalue weighted by molar-refractivity contribution is 0.0602. The predicted molar refractivity (Wildman–Crippen MR) is 102 cm³/mol. The molecule has 2 aromatic rings. The third-order valence-corrected chi connectivity index (χ3v) is 5.05. The SMILES string of the molecule is CCC1CCCCN1C(=O)c1ccnc(N(C)CCc2ccncc2)n1. The van der Waals surface area contributed by atoms with Gasteiger partial charge in [0.15, 0.2) is 0 Å². The van der Waals surface area contributed by atoms with Crippen LogP contribution in [0.25, 0.3) is 0 Å². The van der Waals surface area contributed by atoms with Crippen LogP contribution in [0.4, 0.5) is 5.95 Å². The normalized spacial score (nSPS) is 17.2. The van der Waals surface area contributed by atoms with E-state index < -0.39 is 0 Å². The Morgan fingerprint density at radius 2 is 2.04 bits per heavy atom. The van der Waals surface area contributed by atoms with Gasteiger partial charge in [0.25, 0.3) is 5.91 Å². The van der Waals surface area contributed by atoms with Crippen LogP contribution in [0.2, 0.25) is 0 Å². The fourth-order valence-corrected chi connectivity index (χ4v) is 3.44. The summed E-state index contributed by atoms with van der Waals surface area (Å²) in [5.74, 6) is 0.623. The van der Waals surface area contributed by atoms with Crippen LogP contribution in [0, 0.1) is 0 Å². The van der Waals surface area contributed by atoms with Crippen LogP contribution >= 0.6 is 0 Å². The second kappa shape index (κ2) is 8.74. The highest BCUT2D eigenvalue weighted by atomic mass is 16.2. The zero-order valence-corrected chi connectivity index (χ0v) is 15.6. The average molecular weight is 353 g/mol. The highest BCUT2D eigenvalue weighted by Crippen LogP contribution is 2.21. The number of pyridine rings is 1. The number of likely N-dealkylation sites (tertiary alicyclic amines) is 1. The topological polar surface area (TPSA) is 62.2 Å². The molecule has 138 valence electrons. The van der Waals surface area contributed by atoms with E-state index in [2.05, 4.69) is 21.9 Å². The number of aromatic nitrogens is 3. The first-order chi connectivity index (χ1) is 12.7. The van der Waals surface area contributed by atoms with Gasteiger partial charge in [-0.3, -0.25) is 9.78 Å². The minimum atomic E-state index is 0.0303. The number of carbonyl (C=O) groups is 1. The van der Waals surface area contributed by atoms with Gasteiger partial charge in [-0.05, 0) is 55.9 Å². The van der Waals surface area contributed by atoms with Crippen LogP contribution in [-0.2, 0) is 6.42 Å². The Morgan fingerprint density at radius 1 is 1.23 bits per heavy atom. The van der Waals surface area contributed by atoms with Crippen molar-refractivity contribution in [3.8, 4) is 0 Å². The molecule has 0 aromatic carbocycles. The first-order valence-electron chi connectivity index (χ1n) is 9.43. The van der Waals surface area contributed by atoms with Gasteiger partial charge in [-0.15, -0.1) is 0 Å². The molecule has 6 heteroatoms. The third-order valence-electron chi connectivity index (χ3n) is 5.05. The van der Waals surface area contributed by atoms with Gasteiger partial charge in [0.1, 0.15) is 5.69 Å². The molecule has 3 heterocycles. The Bertz CT molecular complexity index is 721. The van der Waals surface area contributed by atoms with Gasteiger partial charge in [0.05, 0.1) is 0 Å². The van der Waals surface area contributed by atoms with E-state index in [0.717, 1.165) is 38.8 Å². The summed E-state index contributed by atoms with van der Waals surface area (Å²) in [5, 5.41) is 0. The van der Waals surface area contributed by atoms with Gasteiger partial charge in [-0.2, -0.15) is 0 Å². The number of carbonyl (C=O) groups excluding carboxylic acids is 1. The van der Waals surface area contributed by atoms with E-state index >= 15 is 0 Å². The van der Waals surface area contributed by atoms with Crippen molar-refractivity contribution in [1.82, 2.24) is 19.9 Å². The summed E-state index contributed by atoms with van der Waals surface area (Å²) in [7, 11) is 1.96. The van der Waals surface area contributed by atoms with E-state index in [1.54, 1.807) is 24.7 Å². The largest absolute Gasteiger partial charge is 0.344 e. The summed E-state index contributed by atoms with van der Waals surface area (Å²) >= 11 is 0. The second-order valence-electron chi connectivity index (χ2n) is 6.83. The standard InChI is InChI=1S/C20H27N5O/c1-3-17-6-4-5-14-25(17)19(26)18-9-13-22-20(23-18)24(2)15-10-16-7-11-21-12-8-16/h7-9,11-13,17H,3-6,10,14-15H2,1-2H3. The van der Waals surface area contributed by atoms with Gasteiger partial charge in [-0.25, -0.2) is 9.97 Å². The summed E-state index contributed by atoms with van der Waals surface area (Å²) in [6, 6.07) is 6.08. The molecule has 0 spiro atoms.